The summed E-state index contributed by atoms with van der Waals surface area (Å²) >= 11 is 0. The number of nitrogen functional groups attached to an aromatic ring is 1. The van der Waals surface area contributed by atoms with Gasteiger partial charge in [0.25, 0.3) is 0 Å². The van der Waals surface area contributed by atoms with Crippen LogP contribution in [0.5, 0.6) is 0 Å². The summed E-state index contributed by atoms with van der Waals surface area (Å²) in [5.41, 5.74) is 7.43. The van der Waals surface area contributed by atoms with Crippen LogP contribution in [0.2, 0.25) is 0 Å². The summed E-state index contributed by atoms with van der Waals surface area (Å²) in [4.78, 5) is 6.92. The van der Waals surface area contributed by atoms with E-state index in [-0.39, 0.29) is 5.84 Å². The quantitative estimate of drug-likeness (QED) is 0.648. The highest BCUT2D eigenvalue weighted by Crippen LogP contribution is 2.25. The Morgan fingerprint density at radius 1 is 1.42 bits per heavy atom. The molecule has 1 aromatic heterocycles. The Kier molecular flexibility index (Phi) is 4.40. The van der Waals surface area contributed by atoms with Crippen LogP contribution in [-0.4, -0.2) is 23.9 Å². The monoisotopic (exact) mass is 260 g/mol. The van der Waals surface area contributed by atoms with E-state index in [2.05, 4.69) is 16.8 Å². The molecule has 0 aliphatic carbocycles. The van der Waals surface area contributed by atoms with Crippen molar-refractivity contribution in [3.63, 3.8) is 0 Å². The molecule has 1 saturated heterocycles. The maximum absolute atomic E-state index is 7.71. The van der Waals surface area contributed by atoms with E-state index in [0.29, 0.717) is 0 Å². The van der Waals surface area contributed by atoms with Gasteiger partial charge in [-0.3, -0.25) is 5.41 Å². The van der Waals surface area contributed by atoms with E-state index in [9.17, 15) is 0 Å². The van der Waals surface area contributed by atoms with Crippen LogP contribution in [0.1, 0.15) is 43.9 Å². The minimum absolute atomic E-state index is 0.110. The SMILES string of the molecule is CCC1CCCN(c2nc(C)ccc2C(=N)N)CC1. The second kappa shape index (κ2) is 6.04. The zero-order valence-corrected chi connectivity index (χ0v) is 11.9. The molecule has 0 radical (unpaired) electrons. The van der Waals surface area contributed by atoms with Crippen molar-refractivity contribution < 1.29 is 0 Å². The first-order valence-electron chi connectivity index (χ1n) is 7.18. The number of aryl methyl sites for hydroxylation is 1. The Morgan fingerprint density at radius 2 is 2.21 bits per heavy atom. The minimum atomic E-state index is 0.110. The van der Waals surface area contributed by atoms with Gasteiger partial charge in [0.1, 0.15) is 11.7 Å². The van der Waals surface area contributed by atoms with Crippen molar-refractivity contribution in [1.29, 1.82) is 5.41 Å². The van der Waals surface area contributed by atoms with Crippen LogP contribution in [0, 0.1) is 18.3 Å². The van der Waals surface area contributed by atoms with Crippen molar-refractivity contribution in [3.05, 3.63) is 23.4 Å². The first-order chi connectivity index (χ1) is 9.11. The fourth-order valence-electron chi connectivity index (χ4n) is 2.78. The third-order valence-electron chi connectivity index (χ3n) is 4.03. The van der Waals surface area contributed by atoms with E-state index in [0.717, 1.165) is 36.1 Å². The van der Waals surface area contributed by atoms with Gasteiger partial charge in [0, 0.05) is 18.8 Å². The molecule has 3 N–H and O–H groups in total. The number of hydrogen-bond acceptors (Lipinski definition) is 3. The van der Waals surface area contributed by atoms with E-state index < -0.39 is 0 Å². The van der Waals surface area contributed by atoms with Crippen molar-refractivity contribution in [2.45, 2.75) is 39.5 Å². The van der Waals surface area contributed by atoms with Crippen molar-refractivity contribution in [3.8, 4) is 0 Å². The summed E-state index contributed by atoms with van der Waals surface area (Å²) < 4.78 is 0. The van der Waals surface area contributed by atoms with E-state index >= 15 is 0 Å². The lowest BCUT2D eigenvalue weighted by molar-refractivity contribution is 0.459. The molecule has 0 amide bonds. The smallest absolute Gasteiger partial charge is 0.139 e. The lowest BCUT2D eigenvalue weighted by atomic mass is 9.98. The molecule has 1 atom stereocenters. The Labute approximate surface area is 115 Å². The lowest BCUT2D eigenvalue weighted by Crippen LogP contribution is -2.28. The molecule has 19 heavy (non-hydrogen) atoms. The molecule has 1 aromatic rings. The fourth-order valence-corrected chi connectivity index (χ4v) is 2.78. The minimum Gasteiger partial charge on any atom is -0.384 e. The van der Waals surface area contributed by atoms with E-state index in [1.54, 1.807) is 0 Å². The number of pyridine rings is 1. The Balaban J connectivity index is 2.25. The Morgan fingerprint density at radius 3 is 2.89 bits per heavy atom. The third-order valence-corrected chi connectivity index (χ3v) is 4.03. The molecule has 0 aromatic carbocycles. The molecule has 0 spiro atoms. The first kappa shape index (κ1) is 13.8. The predicted octanol–water partition coefficient (Wildman–Crippen LogP) is 2.69. The molecule has 1 aliphatic rings. The standard InChI is InChI=1S/C15H24N4/c1-3-12-5-4-9-19(10-8-12)15-13(14(16)17)7-6-11(2)18-15/h6-7,12H,3-5,8-10H2,1-2H3,(H3,16,17). The molecule has 104 valence electrons. The fraction of sp³-hybridized carbons (Fsp3) is 0.600. The highest BCUT2D eigenvalue weighted by Gasteiger charge is 2.20. The molecule has 0 saturated carbocycles. The molecule has 1 aliphatic heterocycles. The zero-order chi connectivity index (χ0) is 13.8. The van der Waals surface area contributed by atoms with Gasteiger partial charge >= 0.3 is 0 Å². The van der Waals surface area contributed by atoms with Gasteiger partial charge in [-0.15, -0.1) is 0 Å². The maximum atomic E-state index is 7.71. The molecule has 0 bridgehead atoms. The van der Waals surface area contributed by atoms with Gasteiger partial charge in [-0.05, 0) is 44.2 Å². The molecule has 2 rings (SSSR count). The molecule has 4 nitrogen and oxygen atoms in total. The maximum Gasteiger partial charge on any atom is 0.139 e. The van der Waals surface area contributed by atoms with Crippen molar-refractivity contribution in [1.82, 2.24) is 4.98 Å². The topological polar surface area (TPSA) is 66.0 Å². The van der Waals surface area contributed by atoms with Crippen molar-refractivity contribution >= 4 is 11.7 Å². The summed E-state index contributed by atoms with van der Waals surface area (Å²) in [7, 11) is 0. The molecule has 1 unspecified atom stereocenters. The average Bonchev–Trinajstić information content (AvgIpc) is 2.63. The van der Waals surface area contributed by atoms with Crippen LogP contribution < -0.4 is 10.6 Å². The summed E-state index contributed by atoms with van der Waals surface area (Å²) in [5.74, 6) is 1.83. The molecule has 4 heteroatoms. The van der Waals surface area contributed by atoms with Gasteiger partial charge in [0.15, 0.2) is 0 Å². The highest BCUT2D eigenvalue weighted by atomic mass is 15.2. The molecule has 1 fully saturated rings. The van der Waals surface area contributed by atoms with E-state index in [1.165, 1.54) is 25.7 Å². The van der Waals surface area contributed by atoms with Crippen LogP contribution >= 0.6 is 0 Å². The number of nitrogens with one attached hydrogen (secondary N) is 1. The molecular formula is C15H24N4. The van der Waals surface area contributed by atoms with E-state index in [4.69, 9.17) is 11.1 Å². The Hall–Kier alpha value is -1.58. The first-order valence-corrected chi connectivity index (χ1v) is 7.18. The highest BCUT2D eigenvalue weighted by molar-refractivity contribution is 5.99. The molecule has 2 heterocycles. The predicted molar refractivity (Wildman–Crippen MR) is 79.8 cm³/mol. The summed E-state index contributed by atoms with van der Waals surface area (Å²) in [6.45, 7) is 6.30. The number of anilines is 1. The summed E-state index contributed by atoms with van der Waals surface area (Å²) in [6, 6.07) is 3.84. The summed E-state index contributed by atoms with van der Waals surface area (Å²) in [5, 5.41) is 7.71. The summed E-state index contributed by atoms with van der Waals surface area (Å²) in [6.07, 6.45) is 4.97. The van der Waals surface area contributed by atoms with Crippen LogP contribution in [0.3, 0.4) is 0 Å². The number of nitrogens with zero attached hydrogens (tertiary/aromatic N) is 2. The van der Waals surface area contributed by atoms with Gasteiger partial charge in [-0.25, -0.2) is 4.98 Å². The van der Waals surface area contributed by atoms with Crippen molar-refractivity contribution in [2.24, 2.45) is 11.7 Å². The number of amidine groups is 1. The van der Waals surface area contributed by atoms with Crippen molar-refractivity contribution in [2.75, 3.05) is 18.0 Å². The van der Waals surface area contributed by atoms with E-state index in [1.807, 2.05) is 19.1 Å². The number of aromatic nitrogens is 1. The number of nitrogens with two attached hydrogens (primary N) is 1. The molecular weight excluding hydrogens is 236 g/mol. The second-order valence-electron chi connectivity index (χ2n) is 5.43. The normalized spacial score (nSPS) is 20.1. The Bertz CT molecular complexity index is 455. The third kappa shape index (κ3) is 3.25. The van der Waals surface area contributed by atoms with Gasteiger partial charge in [0.2, 0.25) is 0 Å². The van der Waals surface area contributed by atoms with Crippen LogP contribution in [0.25, 0.3) is 0 Å². The van der Waals surface area contributed by atoms with Gasteiger partial charge in [-0.1, -0.05) is 13.3 Å². The van der Waals surface area contributed by atoms with Crippen LogP contribution in [0.4, 0.5) is 5.82 Å². The van der Waals surface area contributed by atoms with Gasteiger partial charge in [-0.2, -0.15) is 0 Å². The number of rotatable bonds is 3. The largest absolute Gasteiger partial charge is 0.384 e. The lowest BCUT2D eigenvalue weighted by Gasteiger charge is -2.24. The van der Waals surface area contributed by atoms with Crippen LogP contribution in [0.15, 0.2) is 12.1 Å². The number of hydrogen-bond donors (Lipinski definition) is 2. The second-order valence-corrected chi connectivity index (χ2v) is 5.43. The van der Waals surface area contributed by atoms with Gasteiger partial charge < -0.3 is 10.6 Å². The van der Waals surface area contributed by atoms with Gasteiger partial charge in [0.05, 0.1) is 5.56 Å². The van der Waals surface area contributed by atoms with Crippen LogP contribution in [-0.2, 0) is 0 Å². The zero-order valence-electron chi connectivity index (χ0n) is 11.9. The average molecular weight is 260 g/mol.